The van der Waals surface area contributed by atoms with Crippen LogP contribution in [0.25, 0.3) is 5.65 Å². The van der Waals surface area contributed by atoms with Crippen molar-refractivity contribution in [2.75, 3.05) is 31.1 Å². The average Bonchev–Trinajstić information content (AvgIpc) is 3.03. The number of carbonyl (C=O) groups is 1. The molecular formula is C18H18N6O4. The van der Waals surface area contributed by atoms with E-state index >= 15 is 0 Å². The molecule has 10 nitrogen and oxygen atoms in total. The normalized spacial score (nSPS) is 14.4. The van der Waals surface area contributed by atoms with Crippen LogP contribution in [-0.2, 0) is 11.3 Å². The number of nitro groups is 1. The molecular weight excluding hydrogens is 364 g/mol. The van der Waals surface area contributed by atoms with E-state index in [-0.39, 0.29) is 23.8 Å². The lowest BCUT2D eigenvalue weighted by Gasteiger charge is -2.35. The number of rotatable bonds is 4. The molecule has 0 radical (unpaired) electrons. The lowest BCUT2D eigenvalue weighted by Crippen LogP contribution is -2.50. The molecule has 0 aliphatic carbocycles. The van der Waals surface area contributed by atoms with Crippen molar-refractivity contribution in [3.8, 4) is 0 Å². The number of carbonyl (C=O) groups excluding carboxylic acids is 1. The van der Waals surface area contributed by atoms with Gasteiger partial charge in [0.15, 0.2) is 5.65 Å². The van der Waals surface area contributed by atoms with E-state index in [4.69, 9.17) is 0 Å². The van der Waals surface area contributed by atoms with Gasteiger partial charge in [0.05, 0.1) is 4.92 Å². The van der Waals surface area contributed by atoms with E-state index < -0.39 is 4.92 Å². The molecule has 28 heavy (non-hydrogen) atoms. The molecule has 1 aromatic carbocycles. The van der Waals surface area contributed by atoms with Crippen LogP contribution in [0.2, 0.25) is 0 Å². The highest BCUT2D eigenvalue weighted by atomic mass is 16.6. The van der Waals surface area contributed by atoms with Gasteiger partial charge in [-0.3, -0.25) is 19.3 Å². The van der Waals surface area contributed by atoms with Crippen molar-refractivity contribution < 1.29 is 9.72 Å². The molecule has 3 heterocycles. The van der Waals surface area contributed by atoms with Gasteiger partial charge in [-0.25, -0.2) is 9.48 Å². The second-order valence-corrected chi connectivity index (χ2v) is 6.48. The SMILES string of the molecule is O=C(Cn1nc2ccccn2c1=O)N1CCN(c2ccccc2[N+](=O)[O-])CC1. The number of pyridine rings is 1. The van der Waals surface area contributed by atoms with Crippen LogP contribution < -0.4 is 10.6 Å². The molecule has 1 saturated heterocycles. The van der Waals surface area contributed by atoms with Crippen molar-refractivity contribution >= 4 is 22.9 Å². The minimum Gasteiger partial charge on any atom is -0.362 e. The Hall–Kier alpha value is -3.69. The Labute approximate surface area is 159 Å². The molecule has 1 aliphatic rings. The highest BCUT2D eigenvalue weighted by Crippen LogP contribution is 2.28. The number of nitrogens with zero attached hydrogens (tertiary/aromatic N) is 6. The summed E-state index contributed by atoms with van der Waals surface area (Å²) in [6, 6.07) is 11.8. The zero-order chi connectivity index (χ0) is 19.7. The Balaban J connectivity index is 1.44. The summed E-state index contributed by atoms with van der Waals surface area (Å²) in [5.41, 5.74) is 0.735. The minimum absolute atomic E-state index is 0.0542. The van der Waals surface area contributed by atoms with Crippen LogP contribution in [0.15, 0.2) is 53.5 Å². The summed E-state index contributed by atoms with van der Waals surface area (Å²) in [5, 5.41) is 15.4. The molecule has 4 rings (SSSR count). The van der Waals surface area contributed by atoms with Crippen molar-refractivity contribution in [1.29, 1.82) is 0 Å². The van der Waals surface area contributed by atoms with Crippen molar-refractivity contribution in [3.05, 3.63) is 69.3 Å². The number of benzene rings is 1. The summed E-state index contributed by atoms with van der Waals surface area (Å²) >= 11 is 0. The molecule has 10 heteroatoms. The van der Waals surface area contributed by atoms with E-state index in [9.17, 15) is 19.7 Å². The number of fused-ring (bicyclic) bond motifs is 1. The number of nitro benzene ring substituents is 1. The first-order valence-electron chi connectivity index (χ1n) is 8.85. The average molecular weight is 382 g/mol. The highest BCUT2D eigenvalue weighted by molar-refractivity contribution is 5.76. The Morgan fingerprint density at radius 1 is 1.07 bits per heavy atom. The number of amides is 1. The monoisotopic (exact) mass is 382 g/mol. The highest BCUT2D eigenvalue weighted by Gasteiger charge is 2.26. The third kappa shape index (κ3) is 3.20. The second-order valence-electron chi connectivity index (χ2n) is 6.48. The maximum atomic E-state index is 12.6. The summed E-state index contributed by atoms with van der Waals surface area (Å²) in [7, 11) is 0. The topological polar surface area (TPSA) is 106 Å². The molecule has 0 bridgehead atoms. The van der Waals surface area contributed by atoms with Crippen LogP contribution >= 0.6 is 0 Å². The summed E-state index contributed by atoms with van der Waals surface area (Å²) in [5.74, 6) is -0.201. The molecule has 1 aliphatic heterocycles. The van der Waals surface area contributed by atoms with E-state index in [2.05, 4.69) is 5.10 Å². The number of anilines is 1. The summed E-state index contributed by atoms with van der Waals surface area (Å²) in [6.07, 6.45) is 1.61. The standard InChI is InChI=1S/C18H18N6O4/c25-17(13-23-18(26)22-8-4-3-7-16(22)19-23)21-11-9-20(10-12-21)14-5-1-2-6-15(14)24(27)28/h1-8H,9-13H2. The summed E-state index contributed by atoms with van der Waals surface area (Å²) in [6.45, 7) is 1.68. The fourth-order valence-electron chi connectivity index (χ4n) is 3.38. The zero-order valence-corrected chi connectivity index (χ0v) is 15.0. The first-order chi connectivity index (χ1) is 13.5. The van der Waals surface area contributed by atoms with Crippen LogP contribution in [0.5, 0.6) is 0 Å². The van der Waals surface area contributed by atoms with Crippen molar-refractivity contribution in [2.24, 2.45) is 0 Å². The largest absolute Gasteiger partial charge is 0.362 e. The molecule has 0 unspecified atom stereocenters. The smallest absolute Gasteiger partial charge is 0.350 e. The maximum Gasteiger partial charge on any atom is 0.350 e. The van der Waals surface area contributed by atoms with Gasteiger partial charge in [0.25, 0.3) is 5.69 Å². The third-order valence-corrected chi connectivity index (χ3v) is 4.82. The van der Waals surface area contributed by atoms with Crippen LogP contribution in [0.1, 0.15) is 0 Å². The van der Waals surface area contributed by atoms with Gasteiger partial charge in [-0.1, -0.05) is 18.2 Å². The predicted molar refractivity (Wildman–Crippen MR) is 101 cm³/mol. The molecule has 0 saturated carbocycles. The summed E-state index contributed by atoms with van der Waals surface area (Å²) < 4.78 is 2.55. The first kappa shape index (κ1) is 17.7. The molecule has 1 amide bonds. The molecule has 3 aromatic rings. The third-order valence-electron chi connectivity index (χ3n) is 4.82. The van der Waals surface area contributed by atoms with Gasteiger partial charge in [0.1, 0.15) is 12.2 Å². The van der Waals surface area contributed by atoms with E-state index in [0.29, 0.717) is 37.5 Å². The molecule has 0 spiro atoms. The maximum absolute atomic E-state index is 12.6. The van der Waals surface area contributed by atoms with Gasteiger partial charge in [-0.2, -0.15) is 0 Å². The zero-order valence-electron chi connectivity index (χ0n) is 15.0. The van der Waals surface area contributed by atoms with Crippen molar-refractivity contribution in [1.82, 2.24) is 19.1 Å². The molecule has 2 aromatic heterocycles. The number of piperazine rings is 1. The lowest BCUT2D eigenvalue weighted by molar-refractivity contribution is -0.384. The van der Waals surface area contributed by atoms with E-state index in [1.54, 1.807) is 47.5 Å². The quantitative estimate of drug-likeness (QED) is 0.487. The Morgan fingerprint density at radius 3 is 2.50 bits per heavy atom. The first-order valence-corrected chi connectivity index (χ1v) is 8.85. The number of hydrogen-bond donors (Lipinski definition) is 0. The minimum atomic E-state index is -0.400. The van der Waals surface area contributed by atoms with Gasteiger partial charge in [0, 0.05) is 38.4 Å². The van der Waals surface area contributed by atoms with Gasteiger partial charge in [-0.05, 0) is 18.2 Å². The van der Waals surface area contributed by atoms with E-state index in [1.807, 2.05) is 4.90 Å². The summed E-state index contributed by atoms with van der Waals surface area (Å²) in [4.78, 5) is 39.3. The van der Waals surface area contributed by atoms with Gasteiger partial charge in [0.2, 0.25) is 5.91 Å². The molecule has 1 fully saturated rings. The Bertz CT molecular complexity index is 1100. The Kier molecular flexibility index (Phi) is 4.52. The fraction of sp³-hybridized carbons (Fsp3) is 0.278. The van der Waals surface area contributed by atoms with Crippen LogP contribution in [0.3, 0.4) is 0 Å². The molecule has 0 atom stereocenters. The van der Waals surface area contributed by atoms with Crippen LogP contribution in [-0.4, -0.2) is 56.1 Å². The van der Waals surface area contributed by atoms with Gasteiger partial charge in [-0.15, -0.1) is 5.10 Å². The molecule has 0 N–H and O–H groups in total. The van der Waals surface area contributed by atoms with Gasteiger partial charge >= 0.3 is 5.69 Å². The number of hydrogen-bond acceptors (Lipinski definition) is 6. The Morgan fingerprint density at radius 2 is 1.79 bits per heavy atom. The van der Waals surface area contributed by atoms with Crippen molar-refractivity contribution in [3.63, 3.8) is 0 Å². The van der Waals surface area contributed by atoms with Crippen LogP contribution in [0.4, 0.5) is 11.4 Å². The molecule has 144 valence electrons. The van der Waals surface area contributed by atoms with E-state index in [0.717, 1.165) is 4.68 Å². The van der Waals surface area contributed by atoms with Crippen molar-refractivity contribution in [2.45, 2.75) is 6.54 Å². The fourth-order valence-corrected chi connectivity index (χ4v) is 3.38. The van der Waals surface area contributed by atoms with Gasteiger partial charge < -0.3 is 9.80 Å². The number of aromatic nitrogens is 3. The van der Waals surface area contributed by atoms with Crippen LogP contribution in [0, 0.1) is 10.1 Å². The van der Waals surface area contributed by atoms with E-state index in [1.165, 1.54) is 10.5 Å². The second kappa shape index (κ2) is 7.14. The lowest BCUT2D eigenvalue weighted by atomic mass is 10.2. The number of para-hydroxylation sites is 2. The predicted octanol–water partition coefficient (Wildman–Crippen LogP) is 0.753.